The first-order valence-corrected chi connectivity index (χ1v) is 7.40. The van der Waals surface area contributed by atoms with Gasteiger partial charge in [0.25, 0.3) is 0 Å². The molecule has 21 heavy (non-hydrogen) atoms. The van der Waals surface area contributed by atoms with E-state index in [4.69, 9.17) is 0 Å². The third-order valence-corrected chi connectivity index (χ3v) is 3.73. The van der Waals surface area contributed by atoms with E-state index < -0.39 is 0 Å². The molecule has 0 amide bonds. The van der Waals surface area contributed by atoms with Gasteiger partial charge >= 0.3 is 0 Å². The highest BCUT2D eigenvalue weighted by atomic mass is 16.3. The molecule has 2 aromatic carbocycles. The first kappa shape index (κ1) is 15.2. The minimum absolute atomic E-state index is 0.0662. The van der Waals surface area contributed by atoms with Crippen LogP contribution in [0.4, 0.5) is 0 Å². The quantitative estimate of drug-likeness (QED) is 0.741. The zero-order chi connectivity index (χ0) is 15.2. The summed E-state index contributed by atoms with van der Waals surface area (Å²) >= 11 is 0. The number of unbranched alkanes of at least 4 members (excludes halogenated alkanes) is 1. The van der Waals surface area contributed by atoms with Gasteiger partial charge < -0.3 is 15.3 Å². The van der Waals surface area contributed by atoms with Crippen LogP contribution in [0.3, 0.4) is 0 Å². The van der Waals surface area contributed by atoms with E-state index in [9.17, 15) is 15.3 Å². The van der Waals surface area contributed by atoms with Crippen molar-refractivity contribution < 1.29 is 15.3 Å². The highest BCUT2D eigenvalue weighted by Gasteiger charge is 2.16. The van der Waals surface area contributed by atoms with E-state index in [0.717, 1.165) is 30.4 Å². The van der Waals surface area contributed by atoms with E-state index in [1.807, 2.05) is 18.2 Å². The lowest BCUT2D eigenvalue weighted by Crippen LogP contribution is -2.04. The fourth-order valence-corrected chi connectivity index (χ4v) is 2.71. The predicted octanol–water partition coefficient (Wildman–Crippen LogP) is 4.32. The van der Waals surface area contributed by atoms with Gasteiger partial charge in [-0.05, 0) is 48.1 Å². The lowest BCUT2D eigenvalue weighted by Gasteiger charge is -2.19. The molecule has 0 spiro atoms. The lowest BCUT2D eigenvalue weighted by molar-refractivity contribution is 0.445. The van der Waals surface area contributed by atoms with Crippen LogP contribution in [0, 0.1) is 0 Å². The molecule has 2 aromatic rings. The Kier molecular flexibility index (Phi) is 5.09. The number of phenolic OH excluding ortho intramolecular Hbond substituents is 3. The number of phenols is 3. The van der Waals surface area contributed by atoms with E-state index >= 15 is 0 Å². The molecule has 3 nitrogen and oxygen atoms in total. The van der Waals surface area contributed by atoms with Crippen molar-refractivity contribution in [1.82, 2.24) is 0 Å². The molecule has 0 heterocycles. The summed E-state index contributed by atoms with van der Waals surface area (Å²) in [7, 11) is 0. The Balaban J connectivity index is 2.26. The minimum Gasteiger partial charge on any atom is -0.508 e. The van der Waals surface area contributed by atoms with E-state index in [2.05, 4.69) is 6.92 Å². The van der Waals surface area contributed by atoms with Gasteiger partial charge in [0.1, 0.15) is 17.2 Å². The van der Waals surface area contributed by atoms with Gasteiger partial charge in [0.2, 0.25) is 0 Å². The van der Waals surface area contributed by atoms with Crippen molar-refractivity contribution in [3.63, 3.8) is 0 Å². The smallest absolute Gasteiger partial charge is 0.119 e. The molecule has 3 N–H and O–H groups in total. The van der Waals surface area contributed by atoms with Crippen molar-refractivity contribution in [3.8, 4) is 17.2 Å². The fourth-order valence-electron chi connectivity index (χ4n) is 2.71. The third kappa shape index (κ3) is 4.15. The molecular weight excluding hydrogens is 264 g/mol. The Morgan fingerprint density at radius 2 is 1.62 bits per heavy atom. The van der Waals surface area contributed by atoms with Gasteiger partial charge in [-0.3, -0.25) is 0 Å². The van der Waals surface area contributed by atoms with Crippen LogP contribution in [0.5, 0.6) is 17.2 Å². The van der Waals surface area contributed by atoms with Gasteiger partial charge in [-0.1, -0.05) is 38.0 Å². The molecule has 112 valence electrons. The summed E-state index contributed by atoms with van der Waals surface area (Å²) in [4.78, 5) is 0. The molecule has 0 saturated heterocycles. The largest absolute Gasteiger partial charge is 0.508 e. The molecule has 2 rings (SSSR count). The average Bonchev–Trinajstić information content (AvgIpc) is 2.43. The predicted molar refractivity (Wildman–Crippen MR) is 83.8 cm³/mol. The highest BCUT2D eigenvalue weighted by Crippen LogP contribution is 2.33. The van der Waals surface area contributed by atoms with Crippen LogP contribution in [0.2, 0.25) is 0 Å². The van der Waals surface area contributed by atoms with E-state index in [1.54, 1.807) is 18.2 Å². The van der Waals surface area contributed by atoms with E-state index in [-0.39, 0.29) is 17.4 Å². The molecule has 0 saturated carbocycles. The van der Waals surface area contributed by atoms with Crippen LogP contribution in [0.1, 0.15) is 43.2 Å². The van der Waals surface area contributed by atoms with Gasteiger partial charge in [0.05, 0.1) is 0 Å². The van der Waals surface area contributed by atoms with Crippen molar-refractivity contribution in [1.29, 1.82) is 0 Å². The van der Waals surface area contributed by atoms with Crippen LogP contribution >= 0.6 is 0 Å². The Hall–Kier alpha value is -2.16. The number of hydrogen-bond donors (Lipinski definition) is 3. The number of para-hydroxylation sites is 1. The van der Waals surface area contributed by atoms with Gasteiger partial charge in [-0.2, -0.15) is 0 Å². The van der Waals surface area contributed by atoms with Crippen LogP contribution in [0.25, 0.3) is 0 Å². The molecule has 0 aliphatic carbocycles. The number of rotatable bonds is 6. The average molecular weight is 286 g/mol. The third-order valence-electron chi connectivity index (χ3n) is 3.73. The summed E-state index contributed by atoms with van der Waals surface area (Å²) in [6.07, 6.45) is 3.81. The summed E-state index contributed by atoms with van der Waals surface area (Å²) in [6.45, 7) is 2.14. The second kappa shape index (κ2) is 7.02. The van der Waals surface area contributed by atoms with Crippen LogP contribution < -0.4 is 0 Å². The Labute approximate surface area is 125 Å². The molecule has 0 bridgehead atoms. The van der Waals surface area contributed by atoms with Crippen molar-refractivity contribution in [2.45, 2.75) is 38.5 Å². The molecule has 1 atom stereocenters. The van der Waals surface area contributed by atoms with Gasteiger partial charge in [0, 0.05) is 6.07 Å². The summed E-state index contributed by atoms with van der Waals surface area (Å²) in [5.41, 5.74) is 1.80. The van der Waals surface area contributed by atoms with Crippen molar-refractivity contribution in [3.05, 3.63) is 53.6 Å². The summed E-state index contributed by atoms with van der Waals surface area (Å²) in [6, 6.07) is 12.0. The molecule has 0 aliphatic rings. The topological polar surface area (TPSA) is 60.7 Å². The lowest BCUT2D eigenvalue weighted by atomic mass is 9.87. The number of benzene rings is 2. The van der Waals surface area contributed by atoms with Crippen molar-refractivity contribution in [2.24, 2.45) is 0 Å². The number of aromatic hydroxyl groups is 3. The second-order valence-electron chi connectivity index (χ2n) is 5.46. The van der Waals surface area contributed by atoms with Gasteiger partial charge in [-0.15, -0.1) is 0 Å². The summed E-state index contributed by atoms with van der Waals surface area (Å²) in [5, 5.41) is 29.3. The fraction of sp³-hybridized carbons (Fsp3) is 0.333. The van der Waals surface area contributed by atoms with Crippen LogP contribution in [-0.2, 0) is 6.42 Å². The Bertz CT molecular complexity index is 573. The van der Waals surface area contributed by atoms with Crippen molar-refractivity contribution in [2.75, 3.05) is 0 Å². The molecule has 3 heteroatoms. The van der Waals surface area contributed by atoms with E-state index in [1.165, 1.54) is 6.07 Å². The maximum Gasteiger partial charge on any atom is 0.119 e. The summed E-state index contributed by atoms with van der Waals surface area (Å²) in [5.74, 6) is 0.614. The van der Waals surface area contributed by atoms with Gasteiger partial charge in [0.15, 0.2) is 0 Å². The number of hydrogen-bond acceptors (Lipinski definition) is 3. The SMILES string of the molecule is CCCCC(Cc1cc(O)cc(O)c1)c1ccccc1O. The normalized spacial score (nSPS) is 12.2. The minimum atomic E-state index is 0.0662. The summed E-state index contributed by atoms with van der Waals surface area (Å²) < 4.78 is 0. The van der Waals surface area contributed by atoms with Crippen LogP contribution in [-0.4, -0.2) is 15.3 Å². The van der Waals surface area contributed by atoms with Crippen molar-refractivity contribution >= 4 is 0 Å². The molecule has 0 aromatic heterocycles. The highest BCUT2D eigenvalue weighted by molar-refractivity contribution is 5.40. The monoisotopic (exact) mass is 286 g/mol. The second-order valence-corrected chi connectivity index (χ2v) is 5.46. The molecule has 0 aliphatic heterocycles. The molecular formula is C18H22O3. The molecule has 0 fully saturated rings. The Morgan fingerprint density at radius 3 is 2.24 bits per heavy atom. The maximum atomic E-state index is 10.1. The van der Waals surface area contributed by atoms with Crippen LogP contribution in [0.15, 0.2) is 42.5 Å². The molecule has 1 unspecified atom stereocenters. The first-order valence-electron chi connectivity index (χ1n) is 7.40. The van der Waals surface area contributed by atoms with Gasteiger partial charge in [-0.25, -0.2) is 0 Å². The van der Waals surface area contributed by atoms with E-state index in [0.29, 0.717) is 12.2 Å². The zero-order valence-electron chi connectivity index (χ0n) is 12.3. The molecule has 0 radical (unpaired) electrons. The Morgan fingerprint density at radius 1 is 0.952 bits per heavy atom. The zero-order valence-corrected chi connectivity index (χ0v) is 12.3. The first-order chi connectivity index (χ1) is 10.1. The standard InChI is InChI=1S/C18H22O3/c1-2-3-6-14(17-7-4-5-8-18(17)21)9-13-10-15(19)12-16(20)11-13/h4-5,7-8,10-12,14,19-21H,2-3,6,9H2,1H3. The maximum absolute atomic E-state index is 10.1.